The minimum Gasteiger partial charge on any atom is -0.471 e. The average Bonchev–Trinajstić information content (AvgIpc) is 2.74. The summed E-state index contributed by atoms with van der Waals surface area (Å²) in [6.45, 7) is 4.57. The molecule has 1 aromatic carbocycles. The Morgan fingerprint density at radius 1 is 1.15 bits per heavy atom. The van der Waals surface area contributed by atoms with Crippen molar-refractivity contribution >= 4 is 11.0 Å². The number of rotatable bonds is 3. The maximum atomic E-state index is 5.87. The smallest absolute Gasteiger partial charge is 0.242 e. The molecule has 0 spiro atoms. The third-order valence-electron chi connectivity index (χ3n) is 3.62. The van der Waals surface area contributed by atoms with Crippen molar-refractivity contribution in [1.82, 2.24) is 14.5 Å². The summed E-state index contributed by atoms with van der Waals surface area (Å²) in [6.07, 6.45) is 1.76. The number of hydrogen-bond donors (Lipinski definition) is 0. The zero-order valence-corrected chi connectivity index (χ0v) is 11.9. The molecule has 102 valence electrons. The number of imidazole rings is 1. The largest absolute Gasteiger partial charge is 0.471 e. The molecule has 0 amide bonds. The van der Waals surface area contributed by atoms with Crippen LogP contribution < -0.4 is 4.74 Å². The normalized spacial score (nSPS) is 10.9. The first kappa shape index (κ1) is 12.7. The molecule has 0 saturated heterocycles. The second kappa shape index (κ2) is 4.96. The molecule has 20 heavy (non-hydrogen) atoms. The minimum atomic E-state index is 0.508. The Morgan fingerprint density at radius 2 is 1.95 bits per heavy atom. The van der Waals surface area contributed by atoms with Crippen LogP contribution in [0.25, 0.3) is 11.0 Å². The molecule has 0 aliphatic carbocycles. The lowest BCUT2D eigenvalue weighted by molar-refractivity contribution is 0.296. The number of ether oxygens (including phenoxy) is 1. The predicted octanol–water partition coefficient (Wildman–Crippen LogP) is 3.16. The summed E-state index contributed by atoms with van der Waals surface area (Å²) in [7, 11) is 2.00. The van der Waals surface area contributed by atoms with Crippen molar-refractivity contribution < 1.29 is 4.74 Å². The molecule has 0 bridgehead atoms. The zero-order valence-electron chi connectivity index (χ0n) is 11.9. The molecule has 0 atom stereocenters. The van der Waals surface area contributed by atoms with E-state index in [9.17, 15) is 0 Å². The highest BCUT2D eigenvalue weighted by atomic mass is 16.5. The quantitative estimate of drug-likeness (QED) is 0.731. The van der Waals surface area contributed by atoms with E-state index in [4.69, 9.17) is 4.74 Å². The van der Waals surface area contributed by atoms with Gasteiger partial charge in [0.1, 0.15) is 12.4 Å². The standard InChI is InChI=1S/C16H17N3O/c1-11-6-4-5-7-13(11)10-20-16-15-14(8-9-17-16)19(3)12(2)18-15/h4-9H,10H2,1-3H3. The summed E-state index contributed by atoms with van der Waals surface area (Å²) in [5.74, 6) is 1.54. The summed E-state index contributed by atoms with van der Waals surface area (Å²) < 4.78 is 7.91. The van der Waals surface area contributed by atoms with E-state index >= 15 is 0 Å². The van der Waals surface area contributed by atoms with Crippen LogP contribution in [-0.4, -0.2) is 14.5 Å². The van der Waals surface area contributed by atoms with Crippen molar-refractivity contribution in [1.29, 1.82) is 0 Å². The minimum absolute atomic E-state index is 0.508. The van der Waals surface area contributed by atoms with Gasteiger partial charge in [0.15, 0.2) is 5.52 Å². The Balaban J connectivity index is 1.92. The van der Waals surface area contributed by atoms with Crippen molar-refractivity contribution in [2.75, 3.05) is 0 Å². The number of nitrogens with zero attached hydrogens (tertiary/aromatic N) is 3. The van der Waals surface area contributed by atoms with Crippen LogP contribution in [0, 0.1) is 13.8 Å². The lowest BCUT2D eigenvalue weighted by Gasteiger charge is -2.08. The number of hydrogen-bond acceptors (Lipinski definition) is 3. The van der Waals surface area contributed by atoms with Crippen LogP contribution in [0.5, 0.6) is 5.88 Å². The van der Waals surface area contributed by atoms with Gasteiger partial charge in [0.25, 0.3) is 0 Å². The molecule has 2 aromatic heterocycles. The first-order chi connectivity index (χ1) is 9.66. The van der Waals surface area contributed by atoms with Crippen molar-refractivity contribution in [3.63, 3.8) is 0 Å². The lowest BCUT2D eigenvalue weighted by atomic mass is 10.1. The number of aryl methyl sites for hydroxylation is 3. The van der Waals surface area contributed by atoms with Crippen molar-refractivity contribution in [2.24, 2.45) is 7.05 Å². The van der Waals surface area contributed by atoms with Gasteiger partial charge in [-0.05, 0) is 31.0 Å². The molecule has 0 aliphatic heterocycles. The van der Waals surface area contributed by atoms with Crippen LogP contribution in [0.4, 0.5) is 0 Å². The predicted molar refractivity (Wildman–Crippen MR) is 78.8 cm³/mol. The molecule has 0 fully saturated rings. The average molecular weight is 267 g/mol. The van der Waals surface area contributed by atoms with Gasteiger partial charge in [0, 0.05) is 13.2 Å². The summed E-state index contributed by atoms with van der Waals surface area (Å²) in [5.41, 5.74) is 4.24. The van der Waals surface area contributed by atoms with E-state index in [1.165, 1.54) is 11.1 Å². The van der Waals surface area contributed by atoms with E-state index in [0.717, 1.165) is 16.9 Å². The van der Waals surface area contributed by atoms with Gasteiger partial charge in [-0.2, -0.15) is 0 Å². The molecule has 4 nitrogen and oxygen atoms in total. The summed E-state index contributed by atoms with van der Waals surface area (Å²) in [6, 6.07) is 10.2. The molecule has 3 aromatic rings. The van der Waals surface area contributed by atoms with Gasteiger partial charge in [0.2, 0.25) is 5.88 Å². The van der Waals surface area contributed by atoms with E-state index in [-0.39, 0.29) is 0 Å². The Morgan fingerprint density at radius 3 is 2.75 bits per heavy atom. The molecule has 0 N–H and O–H groups in total. The fraction of sp³-hybridized carbons (Fsp3) is 0.250. The second-order valence-electron chi connectivity index (χ2n) is 4.92. The van der Waals surface area contributed by atoms with Gasteiger partial charge in [-0.1, -0.05) is 24.3 Å². The summed E-state index contributed by atoms with van der Waals surface area (Å²) in [5, 5.41) is 0. The molecule has 3 rings (SSSR count). The molecule has 0 unspecified atom stereocenters. The van der Waals surface area contributed by atoms with Crippen molar-refractivity contribution in [3.05, 3.63) is 53.5 Å². The van der Waals surface area contributed by atoms with Crippen molar-refractivity contribution in [2.45, 2.75) is 20.5 Å². The Labute approximate surface area is 118 Å². The molecule has 0 aliphatic rings. The number of fused-ring (bicyclic) bond motifs is 1. The number of pyridine rings is 1. The van der Waals surface area contributed by atoms with Gasteiger partial charge in [0.05, 0.1) is 5.52 Å². The van der Waals surface area contributed by atoms with Crippen LogP contribution in [0.15, 0.2) is 36.5 Å². The molecule has 2 heterocycles. The topological polar surface area (TPSA) is 39.9 Å². The molecular weight excluding hydrogens is 250 g/mol. The van der Waals surface area contributed by atoms with Crippen LogP contribution in [-0.2, 0) is 13.7 Å². The van der Waals surface area contributed by atoms with E-state index in [1.807, 2.05) is 36.7 Å². The van der Waals surface area contributed by atoms with Crippen LogP contribution in [0.3, 0.4) is 0 Å². The van der Waals surface area contributed by atoms with Gasteiger partial charge in [-0.15, -0.1) is 0 Å². The third kappa shape index (κ3) is 2.13. The number of aromatic nitrogens is 3. The maximum Gasteiger partial charge on any atom is 0.242 e. The monoisotopic (exact) mass is 267 g/mol. The SMILES string of the molecule is Cc1ccccc1COc1nccc2c1nc(C)n2C. The fourth-order valence-electron chi connectivity index (χ4n) is 2.24. The van der Waals surface area contributed by atoms with E-state index < -0.39 is 0 Å². The molecule has 4 heteroatoms. The first-order valence-electron chi connectivity index (χ1n) is 6.62. The van der Waals surface area contributed by atoms with Crippen LogP contribution in [0.2, 0.25) is 0 Å². The first-order valence-corrected chi connectivity index (χ1v) is 6.62. The lowest BCUT2D eigenvalue weighted by Crippen LogP contribution is -1.99. The third-order valence-corrected chi connectivity index (χ3v) is 3.62. The van der Waals surface area contributed by atoms with E-state index in [2.05, 4.69) is 29.0 Å². The van der Waals surface area contributed by atoms with Crippen molar-refractivity contribution in [3.8, 4) is 5.88 Å². The molecule has 0 saturated carbocycles. The second-order valence-corrected chi connectivity index (χ2v) is 4.92. The zero-order chi connectivity index (χ0) is 14.1. The maximum absolute atomic E-state index is 5.87. The number of benzene rings is 1. The van der Waals surface area contributed by atoms with Crippen LogP contribution >= 0.6 is 0 Å². The highest BCUT2D eigenvalue weighted by molar-refractivity contribution is 5.80. The van der Waals surface area contributed by atoms with Gasteiger partial charge in [-0.3, -0.25) is 0 Å². The van der Waals surface area contributed by atoms with Gasteiger partial charge in [-0.25, -0.2) is 9.97 Å². The molecule has 0 radical (unpaired) electrons. The van der Waals surface area contributed by atoms with Crippen LogP contribution in [0.1, 0.15) is 17.0 Å². The van der Waals surface area contributed by atoms with Gasteiger partial charge < -0.3 is 9.30 Å². The van der Waals surface area contributed by atoms with Gasteiger partial charge >= 0.3 is 0 Å². The Hall–Kier alpha value is -2.36. The van der Waals surface area contributed by atoms with E-state index in [0.29, 0.717) is 12.5 Å². The molecular formula is C16H17N3O. The highest BCUT2D eigenvalue weighted by Gasteiger charge is 2.11. The Bertz CT molecular complexity index is 762. The van der Waals surface area contributed by atoms with E-state index in [1.54, 1.807) is 6.20 Å². The highest BCUT2D eigenvalue weighted by Crippen LogP contribution is 2.23. The summed E-state index contributed by atoms with van der Waals surface area (Å²) >= 11 is 0. The fourth-order valence-corrected chi connectivity index (χ4v) is 2.24. The Kier molecular flexibility index (Phi) is 3.14. The summed E-state index contributed by atoms with van der Waals surface area (Å²) in [4.78, 5) is 8.83.